The van der Waals surface area contributed by atoms with E-state index in [-0.39, 0.29) is 17.1 Å². The van der Waals surface area contributed by atoms with Gasteiger partial charge in [0.1, 0.15) is 0 Å². The molecule has 8 aromatic rings. The molecule has 5 heterocycles. The zero-order chi connectivity index (χ0) is 41.0. The number of nitrogens with two attached hydrogens (primary N) is 1. The van der Waals surface area contributed by atoms with Gasteiger partial charge < -0.3 is 15.7 Å². The summed E-state index contributed by atoms with van der Waals surface area (Å²) in [5.74, 6) is -0.556. The molecule has 8 bridgehead atoms. The van der Waals surface area contributed by atoms with Crippen LogP contribution in [0.5, 0.6) is 0 Å². The van der Waals surface area contributed by atoms with Gasteiger partial charge in [-0.2, -0.15) is 0 Å². The van der Waals surface area contributed by atoms with Gasteiger partial charge in [-0.1, -0.05) is 146 Å². The maximum atomic E-state index is 14.7. The Morgan fingerprint density at radius 2 is 0.787 bits per heavy atom. The quantitative estimate of drug-likeness (QED) is 0.161. The van der Waals surface area contributed by atoms with Crippen molar-refractivity contribution in [1.82, 2.24) is 19.9 Å². The first-order valence-corrected chi connectivity index (χ1v) is 20.1. The van der Waals surface area contributed by atoms with Crippen LogP contribution in [0.4, 0.5) is 5.69 Å². The van der Waals surface area contributed by atoms with Crippen LogP contribution in [-0.2, 0) is 0 Å². The highest BCUT2D eigenvalue weighted by Crippen LogP contribution is 2.45. The van der Waals surface area contributed by atoms with Crippen LogP contribution in [0.3, 0.4) is 0 Å². The van der Waals surface area contributed by atoms with Gasteiger partial charge in [-0.3, -0.25) is 9.59 Å². The van der Waals surface area contributed by atoms with Gasteiger partial charge in [0.05, 0.1) is 39.5 Å². The van der Waals surface area contributed by atoms with Crippen molar-refractivity contribution in [3.63, 3.8) is 0 Å². The average molecular weight is 786 g/mol. The molecule has 11 rings (SSSR count). The van der Waals surface area contributed by atoms with Gasteiger partial charge in [-0.25, -0.2) is 9.97 Å². The lowest BCUT2D eigenvalue weighted by Crippen LogP contribution is -2.16. The first kappa shape index (κ1) is 35.7. The number of aromatic amines is 2. The van der Waals surface area contributed by atoms with Gasteiger partial charge in [0.2, 0.25) is 0 Å². The summed E-state index contributed by atoms with van der Waals surface area (Å²) in [6.07, 6.45) is 9.52. The Morgan fingerprint density at radius 1 is 0.393 bits per heavy atom. The number of carbonyl (C=O) groups is 2. The Balaban J connectivity index is 1.38. The highest BCUT2D eigenvalue weighted by Gasteiger charge is 2.31. The molecule has 0 saturated heterocycles. The standard InChI is InChI=1S/C54H35N5O2/c55-51-50(38-31-45(60)36-23-13-14-24-37(36)54(38)61)52-48(34-19-9-3-10-20-34)43-29-27-41(57-43)46(32-15-5-1-6-16-32)39-25-26-40(56-39)47(33-17-7-2-8-18-33)42-28-30-44(58-42)49(53(51)59-52)35-21-11-4-12-22-35/h1-31,56,59H,55H2. The Bertz CT molecular complexity index is 3380. The molecule has 2 aliphatic heterocycles. The molecule has 0 radical (unpaired) electrons. The second kappa shape index (κ2) is 14.4. The molecule has 7 heteroatoms. The van der Waals surface area contributed by atoms with Crippen LogP contribution in [-0.4, -0.2) is 31.5 Å². The Kier molecular flexibility index (Phi) is 8.46. The molecule has 288 valence electrons. The fourth-order valence-corrected chi connectivity index (χ4v) is 8.79. The highest BCUT2D eigenvalue weighted by molar-refractivity contribution is 6.41. The third-order valence-electron chi connectivity index (χ3n) is 11.5. The third kappa shape index (κ3) is 5.98. The van der Waals surface area contributed by atoms with Crippen LogP contribution in [0, 0.1) is 0 Å². The molecule has 3 aromatic heterocycles. The second-order valence-electron chi connectivity index (χ2n) is 15.1. The molecule has 61 heavy (non-hydrogen) atoms. The largest absolute Gasteiger partial charge is 0.396 e. The van der Waals surface area contributed by atoms with Crippen molar-refractivity contribution in [3.05, 3.63) is 203 Å². The van der Waals surface area contributed by atoms with Crippen molar-refractivity contribution in [2.24, 2.45) is 0 Å². The van der Waals surface area contributed by atoms with Gasteiger partial charge in [-0.15, -0.1) is 0 Å². The monoisotopic (exact) mass is 785 g/mol. The van der Waals surface area contributed by atoms with Crippen molar-refractivity contribution in [2.45, 2.75) is 0 Å². The maximum Gasteiger partial charge on any atom is 0.194 e. The van der Waals surface area contributed by atoms with Gasteiger partial charge in [0.15, 0.2) is 11.6 Å². The van der Waals surface area contributed by atoms with E-state index in [1.54, 1.807) is 24.3 Å². The topological polar surface area (TPSA) is 118 Å². The van der Waals surface area contributed by atoms with Crippen LogP contribution in [0.15, 0.2) is 164 Å². The number of allylic oxidation sites excluding steroid dienone is 2. The van der Waals surface area contributed by atoms with E-state index in [0.717, 1.165) is 66.9 Å². The normalized spacial score (nSPS) is 13.0. The zero-order valence-corrected chi connectivity index (χ0v) is 32.7. The lowest BCUT2D eigenvalue weighted by Gasteiger charge is -2.16. The average Bonchev–Trinajstić information content (AvgIpc) is 4.14. The van der Waals surface area contributed by atoms with Crippen LogP contribution >= 0.6 is 0 Å². The molecule has 3 aliphatic rings. The summed E-state index contributed by atoms with van der Waals surface area (Å²) in [6.45, 7) is 0. The van der Waals surface area contributed by atoms with E-state index >= 15 is 0 Å². The molecule has 4 N–H and O–H groups in total. The summed E-state index contributed by atoms with van der Waals surface area (Å²) < 4.78 is 0. The van der Waals surface area contributed by atoms with Crippen LogP contribution in [0.2, 0.25) is 0 Å². The van der Waals surface area contributed by atoms with Crippen LogP contribution in [0.25, 0.3) is 96.5 Å². The van der Waals surface area contributed by atoms with E-state index in [2.05, 4.69) is 46.4 Å². The number of nitrogen functional groups attached to an aromatic ring is 1. The minimum atomic E-state index is -0.290. The van der Waals surface area contributed by atoms with E-state index in [9.17, 15) is 9.59 Å². The number of H-pyrrole nitrogens is 2. The molecule has 7 nitrogen and oxygen atoms in total. The summed E-state index contributed by atoms with van der Waals surface area (Å²) in [5.41, 5.74) is 21.8. The van der Waals surface area contributed by atoms with E-state index < -0.39 is 0 Å². The SMILES string of the molecule is Nc1c(C2=CC(=O)c3ccccc3C2=O)c2[nH]c1c(-c1ccccc1)c1nc(c(-c3ccccc3)c3ccc([nH]3)c(-c3ccccc3)c3nc(c2-c2ccccc2)C=C3)C=C1. The fraction of sp³-hybridized carbons (Fsp3) is 0. The maximum absolute atomic E-state index is 14.7. The van der Waals surface area contributed by atoms with Gasteiger partial charge >= 0.3 is 0 Å². The number of nitrogens with zero attached hydrogens (tertiary/aromatic N) is 2. The fourth-order valence-electron chi connectivity index (χ4n) is 8.79. The number of aromatic nitrogens is 4. The van der Waals surface area contributed by atoms with Gasteiger partial charge in [0, 0.05) is 55.6 Å². The van der Waals surface area contributed by atoms with Crippen molar-refractivity contribution in [2.75, 3.05) is 5.73 Å². The van der Waals surface area contributed by atoms with E-state index in [4.69, 9.17) is 15.7 Å². The smallest absolute Gasteiger partial charge is 0.194 e. The first-order chi connectivity index (χ1) is 30.0. The summed E-state index contributed by atoms with van der Waals surface area (Å²) in [7, 11) is 0. The van der Waals surface area contributed by atoms with Crippen molar-refractivity contribution in [1.29, 1.82) is 0 Å². The lowest BCUT2D eigenvalue weighted by molar-refractivity contribution is 0.100. The number of hydrogen-bond donors (Lipinski definition) is 3. The number of carbonyl (C=O) groups excluding carboxylic acids is 2. The van der Waals surface area contributed by atoms with Crippen LogP contribution in [0.1, 0.15) is 49.1 Å². The number of benzene rings is 5. The number of rotatable bonds is 5. The molecule has 0 atom stereocenters. The van der Waals surface area contributed by atoms with Crippen molar-refractivity contribution in [3.8, 4) is 44.5 Å². The minimum absolute atomic E-state index is 0.204. The Morgan fingerprint density at radius 3 is 1.26 bits per heavy atom. The van der Waals surface area contributed by atoms with Crippen LogP contribution < -0.4 is 5.73 Å². The summed E-state index contributed by atoms with van der Waals surface area (Å²) in [4.78, 5) is 47.0. The number of anilines is 1. The van der Waals surface area contributed by atoms with Gasteiger partial charge in [-0.05, 0) is 64.8 Å². The molecular formula is C54H35N5O2. The molecule has 0 unspecified atom stereocenters. The first-order valence-electron chi connectivity index (χ1n) is 20.1. The number of nitrogens with one attached hydrogen (secondary N) is 2. The molecule has 5 aromatic carbocycles. The molecule has 1 aliphatic carbocycles. The van der Waals surface area contributed by atoms with Gasteiger partial charge in [0.25, 0.3) is 0 Å². The van der Waals surface area contributed by atoms with Crippen molar-refractivity contribution < 1.29 is 9.59 Å². The predicted molar refractivity (Wildman–Crippen MR) is 248 cm³/mol. The predicted octanol–water partition coefficient (Wildman–Crippen LogP) is 12.4. The summed E-state index contributed by atoms with van der Waals surface area (Å²) in [6, 6.07) is 51.6. The van der Waals surface area contributed by atoms with Crippen molar-refractivity contribution >= 4 is 69.2 Å². The molecule has 0 fully saturated rings. The third-order valence-corrected chi connectivity index (χ3v) is 11.5. The highest BCUT2D eigenvalue weighted by atomic mass is 16.1. The summed E-state index contributed by atoms with van der Waals surface area (Å²) >= 11 is 0. The Labute approximate surface area is 351 Å². The second-order valence-corrected chi connectivity index (χ2v) is 15.1. The van der Waals surface area contributed by atoms with E-state index in [1.807, 2.05) is 121 Å². The number of Topliss-reactive ketones (excluding diaryl/α,β-unsaturated/α-hetero) is 1. The lowest BCUT2D eigenvalue weighted by atomic mass is 9.85. The molecule has 0 spiro atoms. The summed E-state index contributed by atoms with van der Waals surface area (Å²) in [5, 5.41) is 0. The molecule has 0 amide bonds. The number of ketones is 2. The number of fused-ring (bicyclic) bond motifs is 9. The Hall–Kier alpha value is -8.42. The van der Waals surface area contributed by atoms with E-state index in [1.165, 1.54) is 6.08 Å². The number of hydrogen-bond acceptors (Lipinski definition) is 5. The van der Waals surface area contributed by atoms with E-state index in [0.29, 0.717) is 44.8 Å². The molecular weight excluding hydrogens is 751 g/mol. The minimum Gasteiger partial charge on any atom is -0.396 e. The molecule has 0 saturated carbocycles. The zero-order valence-electron chi connectivity index (χ0n) is 32.7.